The first kappa shape index (κ1) is 12.2. The Morgan fingerprint density at radius 3 is 2.70 bits per heavy atom. The topological polar surface area (TPSA) is 87.1 Å². The zero-order valence-corrected chi connectivity index (χ0v) is 10.8. The Kier molecular flexibility index (Phi) is 3.04. The minimum absolute atomic E-state index is 0.330. The molecule has 3 rings (SSSR count). The number of nitrogen functional groups attached to an aromatic ring is 1. The van der Waals surface area contributed by atoms with E-state index in [1.807, 2.05) is 24.3 Å². The Morgan fingerprint density at radius 1 is 1.10 bits per heavy atom. The monoisotopic (exact) mass is 268 g/mol. The van der Waals surface area contributed by atoms with Crippen molar-refractivity contribution < 1.29 is 9.26 Å². The molecule has 0 amide bonds. The fourth-order valence-corrected chi connectivity index (χ4v) is 1.87. The Labute approximate surface area is 115 Å². The van der Waals surface area contributed by atoms with Gasteiger partial charge in [0.1, 0.15) is 11.6 Å². The molecule has 6 heteroatoms. The molecule has 0 spiro atoms. The molecule has 0 aliphatic carbocycles. The van der Waals surface area contributed by atoms with Crippen molar-refractivity contribution in [3.8, 4) is 28.6 Å². The van der Waals surface area contributed by atoms with Crippen LogP contribution in [0.25, 0.3) is 22.8 Å². The van der Waals surface area contributed by atoms with E-state index in [-0.39, 0.29) is 0 Å². The van der Waals surface area contributed by atoms with E-state index in [1.165, 1.54) is 0 Å². The van der Waals surface area contributed by atoms with Gasteiger partial charge in [-0.15, -0.1) is 0 Å². The van der Waals surface area contributed by atoms with Crippen LogP contribution < -0.4 is 10.5 Å². The highest BCUT2D eigenvalue weighted by Gasteiger charge is 2.15. The number of aromatic nitrogens is 3. The Balaban J connectivity index is 2.05. The number of methoxy groups -OCH3 is 1. The SMILES string of the molecule is COc1ccccc1-c1noc(-c2cccnc2N)n1. The third-order valence-corrected chi connectivity index (χ3v) is 2.84. The molecule has 3 aromatic rings. The minimum Gasteiger partial charge on any atom is -0.496 e. The summed E-state index contributed by atoms with van der Waals surface area (Å²) in [5.41, 5.74) is 7.16. The van der Waals surface area contributed by atoms with Crippen molar-refractivity contribution in [1.82, 2.24) is 15.1 Å². The molecule has 0 bridgehead atoms. The van der Waals surface area contributed by atoms with E-state index in [0.29, 0.717) is 28.8 Å². The summed E-state index contributed by atoms with van der Waals surface area (Å²) in [4.78, 5) is 8.34. The molecule has 0 atom stereocenters. The minimum atomic E-state index is 0.330. The standard InChI is InChI=1S/C14H12N4O2/c1-19-11-7-3-2-5-9(11)13-17-14(20-18-13)10-6-4-8-16-12(10)15/h2-8H,1H3,(H2,15,16). The number of hydrogen-bond acceptors (Lipinski definition) is 6. The quantitative estimate of drug-likeness (QED) is 0.784. The zero-order valence-electron chi connectivity index (χ0n) is 10.8. The largest absolute Gasteiger partial charge is 0.496 e. The maximum absolute atomic E-state index is 5.79. The van der Waals surface area contributed by atoms with Crippen molar-refractivity contribution in [2.75, 3.05) is 12.8 Å². The van der Waals surface area contributed by atoms with Crippen molar-refractivity contribution in [3.05, 3.63) is 42.6 Å². The van der Waals surface area contributed by atoms with Gasteiger partial charge in [-0.25, -0.2) is 4.98 Å². The predicted molar refractivity (Wildman–Crippen MR) is 73.9 cm³/mol. The highest BCUT2D eigenvalue weighted by atomic mass is 16.5. The normalized spacial score (nSPS) is 10.4. The number of para-hydroxylation sites is 1. The van der Waals surface area contributed by atoms with Gasteiger partial charge in [-0.05, 0) is 24.3 Å². The molecule has 2 N–H and O–H groups in total. The number of pyridine rings is 1. The predicted octanol–water partition coefficient (Wildman–Crippen LogP) is 2.39. The number of benzene rings is 1. The lowest BCUT2D eigenvalue weighted by Crippen LogP contribution is -1.93. The van der Waals surface area contributed by atoms with Crippen LogP contribution in [0.2, 0.25) is 0 Å². The van der Waals surface area contributed by atoms with Crippen LogP contribution in [0.4, 0.5) is 5.82 Å². The van der Waals surface area contributed by atoms with E-state index < -0.39 is 0 Å². The Hall–Kier alpha value is -2.89. The lowest BCUT2D eigenvalue weighted by atomic mass is 10.2. The van der Waals surface area contributed by atoms with Crippen LogP contribution in [0.1, 0.15) is 0 Å². The van der Waals surface area contributed by atoms with E-state index in [1.54, 1.807) is 25.4 Å². The van der Waals surface area contributed by atoms with Gasteiger partial charge in [0.25, 0.3) is 5.89 Å². The smallest absolute Gasteiger partial charge is 0.261 e. The van der Waals surface area contributed by atoms with Gasteiger partial charge in [-0.2, -0.15) is 4.98 Å². The van der Waals surface area contributed by atoms with Crippen LogP contribution in [0.3, 0.4) is 0 Å². The lowest BCUT2D eigenvalue weighted by molar-refractivity contribution is 0.413. The molecular weight excluding hydrogens is 256 g/mol. The van der Waals surface area contributed by atoms with Crippen molar-refractivity contribution in [1.29, 1.82) is 0 Å². The molecule has 1 aromatic carbocycles. The summed E-state index contributed by atoms with van der Waals surface area (Å²) in [5, 5.41) is 3.96. The van der Waals surface area contributed by atoms with Crippen molar-refractivity contribution in [2.45, 2.75) is 0 Å². The summed E-state index contributed by atoms with van der Waals surface area (Å²) in [5.74, 6) is 1.80. The van der Waals surface area contributed by atoms with Gasteiger partial charge in [0, 0.05) is 6.20 Å². The molecule has 20 heavy (non-hydrogen) atoms. The van der Waals surface area contributed by atoms with E-state index in [2.05, 4.69) is 15.1 Å². The van der Waals surface area contributed by atoms with Gasteiger partial charge in [-0.1, -0.05) is 17.3 Å². The number of ether oxygens (including phenoxy) is 1. The molecule has 2 aromatic heterocycles. The second-order valence-corrected chi connectivity index (χ2v) is 4.06. The molecule has 0 fully saturated rings. The molecule has 0 aliphatic heterocycles. The van der Waals surface area contributed by atoms with E-state index in [9.17, 15) is 0 Å². The maximum atomic E-state index is 5.79. The second-order valence-electron chi connectivity index (χ2n) is 4.06. The number of anilines is 1. The zero-order chi connectivity index (χ0) is 13.9. The van der Waals surface area contributed by atoms with Crippen molar-refractivity contribution in [3.63, 3.8) is 0 Å². The van der Waals surface area contributed by atoms with Crippen LogP contribution in [0, 0.1) is 0 Å². The molecule has 0 saturated heterocycles. The van der Waals surface area contributed by atoms with E-state index >= 15 is 0 Å². The highest BCUT2D eigenvalue weighted by molar-refractivity contribution is 5.70. The highest BCUT2D eigenvalue weighted by Crippen LogP contribution is 2.30. The van der Waals surface area contributed by atoms with Crippen LogP contribution >= 0.6 is 0 Å². The summed E-state index contributed by atoms with van der Waals surface area (Å²) in [6, 6.07) is 11.0. The third kappa shape index (κ3) is 2.07. The fourth-order valence-electron chi connectivity index (χ4n) is 1.87. The Morgan fingerprint density at radius 2 is 1.90 bits per heavy atom. The third-order valence-electron chi connectivity index (χ3n) is 2.84. The first-order chi connectivity index (χ1) is 9.79. The molecule has 0 radical (unpaired) electrons. The first-order valence-electron chi connectivity index (χ1n) is 5.97. The maximum Gasteiger partial charge on any atom is 0.261 e. The molecule has 0 aliphatic rings. The van der Waals surface area contributed by atoms with Crippen molar-refractivity contribution in [2.24, 2.45) is 0 Å². The molecule has 0 saturated carbocycles. The number of rotatable bonds is 3. The molecular formula is C14H12N4O2. The van der Waals surface area contributed by atoms with E-state index in [0.717, 1.165) is 5.56 Å². The van der Waals surface area contributed by atoms with Gasteiger partial charge >= 0.3 is 0 Å². The van der Waals surface area contributed by atoms with Gasteiger partial charge in [0.15, 0.2) is 0 Å². The van der Waals surface area contributed by atoms with Crippen LogP contribution in [-0.2, 0) is 0 Å². The summed E-state index contributed by atoms with van der Waals surface area (Å²) in [7, 11) is 1.60. The fraction of sp³-hybridized carbons (Fsp3) is 0.0714. The molecule has 0 unspecified atom stereocenters. The van der Waals surface area contributed by atoms with Gasteiger partial charge in [0.2, 0.25) is 5.82 Å². The van der Waals surface area contributed by atoms with Crippen molar-refractivity contribution >= 4 is 5.82 Å². The summed E-state index contributed by atoms with van der Waals surface area (Å²) in [6.07, 6.45) is 1.61. The van der Waals surface area contributed by atoms with Gasteiger partial charge < -0.3 is 15.0 Å². The molecule has 6 nitrogen and oxygen atoms in total. The van der Waals surface area contributed by atoms with E-state index in [4.69, 9.17) is 15.0 Å². The van der Waals surface area contributed by atoms with Gasteiger partial charge in [0.05, 0.1) is 18.2 Å². The summed E-state index contributed by atoms with van der Waals surface area (Å²) in [6.45, 7) is 0. The second kappa shape index (κ2) is 5.00. The number of nitrogens with zero attached hydrogens (tertiary/aromatic N) is 3. The average molecular weight is 268 g/mol. The molecule has 100 valence electrons. The number of nitrogens with two attached hydrogens (primary N) is 1. The van der Waals surface area contributed by atoms with Crippen LogP contribution in [0.15, 0.2) is 47.1 Å². The van der Waals surface area contributed by atoms with Crippen LogP contribution in [0.5, 0.6) is 5.75 Å². The van der Waals surface area contributed by atoms with Gasteiger partial charge in [-0.3, -0.25) is 0 Å². The summed E-state index contributed by atoms with van der Waals surface area (Å²) >= 11 is 0. The Bertz CT molecular complexity index is 739. The van der Waals surface area contributed by atoms with Crippen LogP contribution in [-0.4, -0.2) is 22.2 Å². The summed E-state index contributed by atoms with van der Waals surface area (Å²) < 4.78 is 10.5. The lowest BCUT2D eigenvalue weighted by Gasteiger charge is -2.03. The first-order valence-corrected chi connectivity index (χ1v) is 5.97. The molecule has 2 heterocycles. The number of hydrogen-bond donors (Lipinski definition) is 1. The average Bonchev–Trinajstić information content (AvgIpc) is 2.97.